The summed E-state index contributed by atoms with van der Waals surface area (Å²) in [6.07, 6.45) is 0.177. The Hall–Kier alpha value is -2.83. The number of carbonyl (C=O) groups is 2. The van der Waals surface area contributed by atoms with Gasteiger partial charge in [-0.05, 0) is 39.3 Å². The Morgan fingerprint density at radius 2 is 1.76 bits per heavy atom. The number of amides is 2. The van der Waals surface area contributed by atoms with Gasteiger partial charge in [0.1, 0.15) is 0 Å². The lowest BCUT2D eigenvalue weighted by Crippen LogP contribution is -2.44. The number of hydrazine groups is 1. The zero-order chi connectivity index (χ0) is 18.6. The monoisotopic (exact) mass is 343 g/mol. The van der Waals surface area contributed by atoms with Gasteiger partial charge in [-0.25, -0.2) is 0 Å². The third kappa shape index (κ3) is 4.82. The van der Waals surface area contributed by atoms with E-state index in [-0.39, 0.29) is 24.8 Å². The maximum atomic E-state index is 12.0. The van der Waals surface area contributed by atoms with Crippen molar-refractivity contribution in [3.05, 3.63) is 46.3 Å². The molecule has 0 saturated carbocycles. The third-order valence-corrected chi connectivity index (χ3v) is 4.16. The van der Waals surface area contributed by atoms with Crippen LogP contribution in [0.5, 0.6) is 0 Å². The first-order valence-electron chi connectivity index (χ1n) is 8.15. The molecular weight excluding hydrogens is 318 g/mol. The Labute approximate surface area is 147 Å². The summed E-state index contributed by atoms with van der Waals surface area (Å²) in [7, 11) is 1.84. The van der Waals surface area contributed by atoms with Gasteiger partial charge in [-0.1, -0.05) is 17.7 Å². The SMILES string of the molecule is Cc1ccc(NCC(=O)NNC(=O)Cc2c(C)nn(C)c2C)c(C)c1. The Bertz CT molecular complexity index is 795. The van der Waals surface area contributed by atoms with E-state index in [0.717, 1.165) is 28.2 Å². The number of anilines is 1. The van der Waals surface area contributed by atoms with Crippen LogP contribution in [0.25, 0.3) is 0 Å². The fourth-order valence-corrected chi connectivity index (χ4v) is 2.65. The standard InChI is InChI=1S/C18H25N5O2/c1-11-6-7-16(12(2)8-11)19-10-18(25)21-20-17(24)9-15-13(3)22-23(5)14(15)4/h6-8,19H,9-10H2,1-5H3,(H,20,24)(H,21,25). The summed E-state index contributed by atoms with van der Waals surface area (Å²) >= 11 is 0. The molecule has 0 spiro atoms. The van der Waals surface area contributed by atoms with E-state index in [2.05, 4.69) is 21.3 Å². The Kier molecular flexibility index (Phi) is 5.80. The molecule has 0 atom stereocenters. The molecule has 3 N–H and O–H groups in total. The predicted octanol–water partition coefficient (Wildman–Crippen LogP) is 1.46. The lowest BCUT2D eigenvalue weighted by Gasteiger charge is -2.11. The molecule has 0 bridgehead atoms. The van der Waals surface area contributed by atoms with Crippen LogP contribution in [0, 0.1) is 27.7 Å². The molecule has 7 heteroatoms. The van der Waals surface area contributed by atoms with E-state index >= 15 is 0 Å². The van der Waals surface area contributed by atoms with Crippen molar-refractivity contribution in [1.82, 2.24) is 20.6 Å². The fraction of sp³-hybridized carbons (Fsp3) is 0.389. The summed E-state index contributed by atoms with van der Waals surface area (Å²) in [5, 5.41) is 7.33. The number of hydrogen-bond acceptors (Lipinski definition) is 4. The summed E-state index contributed by atoms with van der Waals surface area (Å²) in [5.41, 5.74) is 10.6. The smallest absolute Gasteiger partial charge is 0.257 e. The highest BCUT2D eigenvalue weighted by molar-refractivity contribution is 5.85. The van der Waals surface area contributed by atoms with E-state index in [9.17, 15) is 9.59 Å². The van der Waals surface area contributed by atoms with Gasteiger partial charge in [0, 0.05) is 24.0 Å². The average Bonchev–Trinajstić information content (AvgIpc) is 2.78. The lowest BCUT2D eigenvalue weighted by atomic mass is 10.1. The van der Waals surface area contributed by atoms with Crippen LogP contribution in [0.15, 0.2) is 18.2 Å². The maximum Gasteiger partial charge on any atom is 0.257 e. The molecule has 0 aliphatic carbocycles. The zero-order valence-electron chi connectivity index (χ0n) is 15.4. The van der Waals surface area contributed by atoms with E-state index in [1.54, 1.807) is 4.68 Å². The first kappa shape index (κ1) is 18.5. The third-order valence-electron chi connectivity index (χ3n) is 4.16. The molecule has 134 valence electrons. The van der Waals surface area contributed by atoms with Crippen LogP contribution in [0.4, 0.5) is 5.69 Å². The minimum Gasteiger partial charge on any atom is -0.376 e. The van der Waals surface area contributed by atoms with Crippen LogP contribution in [0.2, 0.25) is 0 Å². The minimum atomic E-state index is -0.312. The number of nitrogens with one attached hydrogen (secondary N) is 3. The van der Waals surface area contributed by atoms with Crippen molar-refractivity contribution in [3.63, 3.8) is 0 Å². The molecule has 2 amide bonds. The molecule has 2 rings (SSSR count). The number of nitrogens with zero attached hydrogens (tertiary/aromatic N) is 2. The second kappa shape index (κ2) is 7.83. The summed E-state index contributed by atoms with van der Waals surface area (Å²) < 4.78 is 1.74. The van der Waals surface area contributed by atoms with Gasteiger partial charge in [-0.3, -0.25) is 25.1 Å². The Balaban J connectivity index is 1.80. The number of rotatable bonds is 5. The fourth-order valence-electron chi connectivity index (χ4n) is 2.65. The molecule has 0 saturated heterocycles. The van der Waals surface area contributed by atoms with Crippen molar-refractivity contribution in [3.8, 4) is 0 Å². The molecule has 0 radical (unpaired) electrons. The minimum absolute atomic E-state index is 0.0785. The topological polar surface area (TPSA) is 88.1 Å². The molecule has 1 heterocycles. The summed E-state index contributed by atoms with van der Waals surface area (Å²) in [6.45, 7) is 7.85. The van der Waals surface area contributed by atoms with Crippen LogP contribution in [-0.4, -0.2) is 28.1 Å². The summed E-state index contributed by atoms with van der Waals surface area (Å²) in [4.78, 5) is 23.9. The van der Waals surface area contributed by atoms with Crippen molar-refractivity contribution in [1.29, 1.82) is 0 Å². The van der Waals surface area contributed by atoms with Gasteiger partial charge in [0.25, 0.3) is 5.91 Å². The summed E-state index contributed by atoms with van der Waals surface area (Å²) in [5.74, 6) is -0.591. The number of benzene rings is 1. The van der Waals surface area contributed by atoms with Crippen molar-refractivity contribution >= 4 is 17.5 Å². The van der Waals surface area contributed by atoms with E-state index in [0.29, 0.717) is 0 Å². The quantitative estimate of drug-likeness (QED) is 0.717. The van der Waals surface area contributed by atoms with Gasteiger partial charge in [0.2, 0.25) is 5.91 Å². The van der Waals surface area contributed by atoms with Gasteiger partial charge in [-0.2, -0.15) is 5.10 Å². The first-order chi connectivity index (χ1) is 11.8. The van der Waals surface area contributed by atoms with Crippen molar-refractivity contribution in [2.45, 2.75) is 34.1 Å². The van der Waals surface area contributed by atoms with Gasteiger partial charge in [-0.15, -0.1) is 0 Å². The maximum absolute atomic E-state index is 12.0. The molecule has 0 unspecified atom stereocenters. The highest BCUT2D eigenvalue weighted by Crippen LogP contribution is 2.15. The highest BCUT2D eigenvalue weighted by Gasteiger charge is 2.14. The van der Waals surface area contributed by atoms with Crippen molar-refractivity contribution in [2.75, 3.05) is 11.9 Å². The second-order valence-corrected chi connectivity index (χ2v) is 6.22. The molecule has 7 nitrogen and oxygen atoms in total. The van der Waals surface area contributed by atoms with Crippen molar-refractivity contribution in [2.24, 2.45) is 7.05 Å². The molecule has 0 fully saturated rings. The molecule has 0 aliphatic heterocycles. The van der Waals surface area contributed by atoms with Crippen LogP contribution in [-0.2, 0) is 23.1 Å². The van der Waals surface area contributed by atoms with E-state index < -0.39 is 0 Å². The first-order valence-corrected chi connectivity index (χ1v) is 8.15. The lowest BCUT2D eigenvalue weighted by molar-refractivity contribution is -0.127. The molecule has 25 heavy (non-hydrogen) atoms. The Morgan fingerprint density at radius 3 is 2.36 bits per heavy atom. The van der Waals surface area contributed by atoms with Gasteiger partial charge < -0.3 is 5.32 Å². The van der Waals surface area contributed by atoms with Gasteiger partial charge >= 0.3 is 0 Å². The van der Waals surface area contributed by atoms with Gasteiger partial charge in [0.15, 0.2) is 0 Å². The van der Waals surface area contributed by atoms with Crippen LogP contribution in [0.1, 0.15) is 28.1 Å². The second-order valence-electron chi connectivity index (χ2n) is 6.22. The van der Waals surface area contributed by atoms with E-state index in [4.69, 9.17) is 0 Å². The Morgan fingerprint density at radius 1 is 1.08 bits per heavy atom. The van der Waals surface area contributed by atoms with Crippen LogP contribution < -0.4 is 16.2 Å². The highest BCUT2D eigenvalue weighted by atomic mass is 16.2. The molecule has 1 aromatic heterocycles. The average molecular weight is 343 g/mol. The van der Waals surface area contributed by atoms with Gasteiger partial charge in [0.05, 0.1) is 18.7 Å². The zero-order valence-corrected chi connectivity index (χ0v) is 15.4. The molecule has 2 aromatic rings. The molecular formula is C18H25N5O2. The number of carbonyl (C=O) groups excluding carboxylic acids is 2. The van der Waals surface area contributed by atoms with E-state index in [1.165, 1.54) is 5.56 Å². The molecule has 0 aliphatic rings. The number of aromatic nitrogens is 2. The number of aryl methyl sites for hydroxylation is 4. The number of hydrogen-bond donors (Lipinski definition) is 3. The van der Waals surface area contributed by atoms with Crippen LogP contribution in [0.3, 0.4) is 0 Å². The summed E-state index contributed by atoms with van der Waals surface area (Å²) in [6, 6.07) is 5.96. The molecule has 1 aromatic carbocycles. The van der Waals surface area contributed by atoms with Crippen molar-refractivity contribution < 1.29 is 9.59 Å². The normalized spacial score (nSPS) is 10.4. The van der Waals surface area contributed by atoms with E-state index in [1.807, 2.05) is 52.9 Å². The van der Waals surface area contributed by atoms with Crippen LogP contribution >= 0.6 is 0 Å². The largest absolute Gasteiger partial charge is 0.376 e. The predicted molar refractivity (Wildman–Crippen MR) is 97.1 cm³/mol.